The van der Waals surface area contributed by atoms with Gasteiger partial charge in [-0.3, -0.25) is 9.59 Å². The molecule has 0 aliphatic carbocycles. The lowest BCUT2D eigenvalue weighted by Gasteiger charge is -2.27. The Kier molecular flexibility index (Phi) is 7.59. The summed E-state index contributed by atoms with van der Waals surface area (Å²) in [6.45, 7) is 9.05. The molecule has 6 nitrogen and oxygen atoms in total. The van der Waals surface area contributed by atoms with Gasteiger partial charge in [0.2, 0.25) is 0 Å². The predicted molar refractivity (Wildman–Crippen MR) is 130 cm³/mol. The second-order valence-corrected chi connectivity index (χ2v) is 9.31. The molecule has 2 aromatic carbocycles. The number of likely N-dealkylation sites (N-methyl/N-ethyl adjacent to an activating group) is 1. The van der Waals surface area contributed by atoms with Crippen LogP contribution in [0.25, 0.3) is 5.76 Å². The van der Waals surface area contributed by atoms with E-state index in [9.17, 15) is 14.7 Å². The Morgan fingerprint density at radius 3 is 2.30 bits per heavy atom. The minimum atomic E-state index is -0.667. The van der Waals surface area contributed by atoms with Crippen LogP contribution in [0.2, 0.25) is 0 Å². The van der Waals surface area contributed by atoms with Crippen LogP contribution >= 0.6 is 0 Å². The lowest BCUT2D eigenvalue weighted by molar-refractivity contribution is -0.140. The third-order valence-corrected chi connectivity index (χ3v) is 5.73. The molecule has 0 bridgehead atoms. The highest BCUT2D eigenvalue weighted by Gasteiger charge is 2.45. The van der Waals surface area contributed by atoms with Crippen LogP contribution in [0.3, 0.4) is 0 Å². The summed E-state index contributed by atoms with van der Waals surface area (Å²) >= 11 is 0. The Morgan fingerprint density at radius 2 is 1.73 bits per heavy atom. The summed E-state index contributed by atoms with van der Waals surface area (Å²) in [7, 11) is 3.84. The van der Waals surface area contributed by atoms with Crippen molar-refractivity contribution in [3.63, 3.8) is 0 Å². The van der Waals surface area contributed by atoms with Gasteiger partial charge >= 0.3 is 0 Å². The van der Waals surface area contributed by atoms with Crippen molar-refractivity contribution in [2.75, 3.05) is 27.2 Å². The number of aliphatic hydroxyl groups is 1. The molecule has 1 aliphatic heterocycles. The average molecular weight is 451 g/mol. The molecule has 0 saturated carbocycles. The van der Waals surface area contributed by atoms with Gasteiger partial charge in [0.25, 0.3) is 11.7 Å². The fourth-order valence-electron chi connectivity index (χ4n) is 3.97. The molecule has 1 atom stereocenters. The fourth-order valence-corrected chi connectivity index (χ4v) is 3.97. The maximum atomic E-state index is 13.1. The van der Waals surface area contributed by atoms with E-state index in [1.807, 2.05) is 57.1 Å². The number of benzene rings is 2. The molecule has 176 valence electrons. The molecular weight excluding hydrogens is 416 g/mol. The molecule has 2 aromatic rings. The second-order valence-electron chi connectivity index (χ2n) is 9.31. The molecule has 1 aliphatic rings. The number of ketones is 1. The van der Waals surface area contributed by atoms with E-state index >= 15 is 0 Å². The summed E-state index contributed by atoms with van der Waals surface area (Å²) in [6, 6.07) is 14.2. The third-order valence-electron chi connectivity index (χ3n) is 5.73. The maximum Gasteiger partial charge on any atom is 0.295 e. The van der Waals surface area contributed by atoms with Gasteiger partial charge in [-0.05, 0) is 57.1 Å². The van der Waals surface area contributed by atoms with Crippen LogP contribution < -0.4 is 4.74 Å². The van der Waals surface area contributed by atoms with Crippen molar-refractivity contribution in [2.45, 2.75) is 45.8 Å². The number of amides is 1. The maximum absolute atomic E-state index is 13.1. The number of hydrogen-bond acceptors (Lipinski definition) is 5. The number of carbonyl (C=O) groups excluding carboxylic acids is 2. The zero-order chi connectivity index (χ0) is 24.3. The molecule has 0 aromatic heterocycles. The van der Waals surface area contributed by atoms with Crippen LogP contribution in [0.15, 0.2) is 54.1 Å². The summed E-state index contributed by atoms with van der Waals surface area (Å²) in [5.74, 6) is -0.491. The highest BCUT2D eigenvalue weighted by Crippen LogP contribution is 2.40. The van der Waals surface area contributed by atoms with Crippen LogP contribution in [0.4, 0.5) is 0 Å². The fraction of sp³-hybridized carbons (Fsp3) is 0.407. The first-order valence-corrected chi connectivity index (χ1v) is 11.4. The number of rotatable bonds is 8. The number of likely N-dealkylation sites (tertiary alicyclic amines) is 1. The van der Waals surface area contributed by atoms with E-state index in [1.54, 1.807) is 29.2 Å². The first-order valence-electron chi connectivity index (χ1n) is 11.4. The number of hydrogen-bond donors (Lipinski definition) is 1. The van der Waals surface area contributed by atoms with Crippen LogP contribution in [-0.2, 0) is 9.59 Å². The smallest absolute Gasteiger partial charge is 0.295 e. The minimum Gasteiger partial charge on any atom is -0.507 e. The number of nitrogens with zero attached hydrogens (tertiary/aromatic N) is 2. The van der Waals surface area contributed by atoms with Gasteiger partial charge in [0.1, 0.15) is 11.5 Å². The molecule has 1 heterocycles. The molecule has 1 saturated heterocycles. The molecular formula is C27H34N2O4. The van der Waals surface area contributed by atoms with Gasteiger partial charge in [0, 0.05) is 18.7 Å². The molecule has 33 heavy (non-hydrogen) atoms. The van der Waals surface area contributed by atoms with E-state index < -0.39 is 17.7 Å². The van der Waals surface area contributed by atoms with Gasteiger partial charge in [0.05, 0.1) is 17.7 Å². The number of ether oxygens (including phenoxy) is 1. The summed E-state index contributed by atoms with van der Waals surface area (Å²) in [5, 5.41) is 11.3. The van der Waals surface area contributed by atoms with E-state index in [1.165, 1.54) is 5.56 Å². The summed E-state index contributed by atoms with van der Waals surface area (Å²) < 4.78 is 5.75. The topological polar surface area (TPSA) is 70.1 Å². The van der Waals surface area contributed by atoms with Crippen molar-refractivity contribution in [3.8, 4) is 5.75 Å². The minimum absolute atomic E-state index is 0.0292. The molecule has 1 amide bonds. The predicted octanol–water partition coefficient (Wildman–Crippen LogP) is 4.58. The zero-order valence-electron chi connectivity index (χ0n) is 20.3. The molecule has 3 rings (SSSR count). The highest BCUT2D eigenvalue weighted by atomic mass is 16.5. The Labute approximate surface area is 196 Å². The van der Waals surface area contributed by atoms with Crippen LogP contribution in [0.1, 0.15) is 56.3 Å². The molecule has 1 fully saturated rings. The molecule has 1 N–H and O–H groups in total. The van der Waals surface area contributed by atoms with Crippen molar-refractivity contribution >= 4 is 17.4 Å². The standard InChI is InChI=1S/C27H34N2O4/c1-17(2)19-10-12-20(13-11-19)24-23(26(31)27(32)29(24)15-14-28(5)6)25(30)21-8-7-9-22(16-21)33-18(3)4/h7-13,16-18,24,30H,14-15H2,1-6H3/b25-23-. The van der Waals surface area contributed by atoms with Gasteiger partial charge in [-0.2, -0.15) is 0 Å². The van der Waals surface area contributed by atoms with Crippen molar-refractivity contribution in [3.05, 3.63) is 70.8 Å². The zero-order valence-corrected chi connectivity index (χ0v) is 20.3. The Hall–Kier alpha value is -3.12. The Balaban J connectivity index is 2.11. The lowest BCUT2D eigenvalue weighted by atomic mass is 9.93. The molecule has 0 radical (unpaired) electrons. The normalized spacial score (nSPS) is 18.1. The van der Waals surface area contributed by atoms with Crippen molar-refractivity contribution in [1.82, 2.24) is 9.80 Å². The van der Waals surface area contributed by atoms with Gasteiger partial charge in [-0.1, -0.05) is 50.2 Å². The molecule has 0 spiro atoms. The number of aliphatic hydroxyl groups excluding tert-OH is 1. The largest absolute Gasteiger partial charge is 0.507 e. The summed E-state index contributed by atoms with van der Waals surface area (Å²) in [4.78, 5) is 29.7. The van der Waals surface area contributed by atoms with E-state index in [0.717, 1.165) is 5.56 Å². The van der Waals surface area contributed by atoms with Crippen molar-refractivity contribution in [2.24, 2.45) is 0 Å². The number of carbonyl (C=O) groups is 2. The van der Waals surface area contributed by atoms with E-state index in [0.29, 0.717) is 30.3 Å². The SMILES string of the molecule is CC(C)Oc1cccc(/C(O)=C2/C(=O)C(=O)N(CCN(C)C)C2c2ccc(C(C)C)cc2)c1. The Morgan fingerprint density at radius 1 is 1.06 bits per heavy atom. The van der Waals surface area contributed by atoms with Crippen LogP contribution in [-0.4, -0.2) is 59.9 Å². The van der Waals surface area contributed by atoms with Crippen molar-refractivity contribution in [1.29, 1.82) is 0 Å². The summed E-state index contributed by atoms with van der Waals surface area (Å²) in [5.41, 5.74) is 2.52. The van der Waals surface area contributed by atoms with Gasteiger partial charge in [-0.15, -0.1) is 0 Å². The first kappa shape index (κ1) is 24.5. The van der Waals surface area contributed by atoms with Crippen LogP contribution in [0, 0.1) is 0 Å². The van der Waals surface area contributed by atoms with Crippen molar-refractivity contribution < 1.29 is 19.4 Å². The monoisotopic (exact) mass is 450 g/mol. The Bertz CT molecular complexity index is 1040. The van der Waals surface area contributed by atoms with E-state index in [-0.39, 0.29) is 17.4 Å². The summed E-state index contributed by atoms with van der Waals surface area (Å²) in [6.07, 6.45) is -0.0292. The quantitative estimate of drug-likeness (QED) is 0.362. The van der Waals surface area contributed by atoms with Crippen LogP contribution in [0.5, 0.6) is 5.75 Å². The van der Waals surface area contributed by atoms with Gasteiger partial charge in [-0.25, -0.2) is 0 Å². The highest BCUT2D eigenvalue weighted by molar-refractivity contribution is 6.46. The van der Waals surface area contributed by atoms with E-state index in [4.69, 9.17) is 4.74 Å². The third kappa shape index (κ3) is 5.45. The molecule has 6 heteroatoms. The van der Waals surface area contributed by atoms with Gasteiger partial charge in [0.15, 0.2) is 0 Å². The second kappa shape index (κ2) is 10.2. The molecule has 1 unspecified atom stereocenters. The first-order chi connectivity index (χ1) is 15.6. The number of Topliss-reactive ketones (excluding diaryl/α,β-unsaturated/α-hetero) is 1. The average Bonchev–Trinajstić information content (AvgIpc) is 3.01. The lowest BCUT2D eigenvalue weighted by Crippen LogP contribution is -2.35. The van der Waals surface area contributed by atoms with E-state index in [2.05, 4.69) is 13.8 Å². The van der Waals surface area contributed by atoms with Gasteiger partial charge < -0.3 is 19.6 Å².